The van der Waals surface area contributed by atoms with Crippen molar-refractivity contribution in [3.63, 3.8) is 0 Å². The number of allylic oxidation sites excluding steroid dienone is 1. The summed E-state index contributed by atoms with van der Waals surface area (Å²) in [5, 5.41) is 0. The number of fused-ring (bicyclic) bond motifs is 1. The van der Waals surface area contributed by atoms with E-state index in [0.29, 0.717) is 0 Å². The van der Waals surface area contributed by atoms with Crippen LogP contribution in [0.4, 0.5) is 4.39 Å². The van der Waals surface area contributed by atoms with E-state index in [9.17, 15) is 12.8 Å². The minimum atomic E-state index is -3.34. The van der Waals surface area contributed by atoms with Crippen molar-refractivity contribution in [2.24, 2.45) is 5.73 Å². The summed E-state index contributed by atoms with van der Waals surface area (Å²) in [5.41, 5.74) is 10.1. The maximum Gasteiger partial charge on any atom is 0.175 e. The van der Waals surface area contributed by atoms with Gasteiger partial charge in [0.15, 0.2) is 9.84 Å². The van der Waals surface area contributed by atoms with Crippen molar-refractivity contribution >= 4 is 45.7 Å². The summed E-state index contributed by atoms with van der Waals surface area (Å²) in [5.74, 6) is -0.325. The topological polar surface area (TPSA) is 78.0 Å². The molecule has 0 saturated carbocycles. The van der Waals surface area contributed by atoms with Crippen molar-refractivity contribution in [3.8, 4) is 11.1 Å². The molecule has 0 saturated heterocycles. The van der Waals surface area contributed by atoms with Gasteiger partial charge < -0.3 is 10.3 Å². The van der Waals surface area contributed by atoms with Gasteiger partial charge in [0.2, 0.25) is 0 Å². The highest BCUT2D eigenvalue weighted by atomic mass is 35.5. The molecular weight excluding hydrogens is 436 g/mol. The van der Waals surface area contributed by atoms with Crippen LogP contribution in [0.3, 0.4) is 0 Å². The smallest absolute Gasteiger partial charge is 0.175 e. The molecule has 0 aliphatic carbocycles. The molecule has 0 radical (unpaired) electrons. The Balaban J connectivity index is 0.00000210. The van der Waals surface area contributed by atoms with Crippen LogP contribution in [-0.4, -0.2) is 30.8 Å². The van der Waals surface area contributed by atoms with Gasteiger partial charge in [-0.2, -0.15) is 0 Å². The van der Waals surface area contributed by atoms with Crippen molar-refractivity contribution in [1.82, 2.24) is 9.55 Å². The Morgan fingerprint density at radius 1 is 1.21 bits per heavy atom. The summed E-state index contributed by atoms with van der Waals surface area (Å²) in [4.78, 5) is 4.88. The Bertz CT molecular complexity index is 1160. The van der Waals surface area contributed by atoms with E-state index in [4.69, 9.17) is 5.73 Å². The van der Waals surface area contributed by atoms with E-state index in [1.807, 2.05) is 36.6 Å². The third-order valence-electron chi connectivity index (χ3n) is 4.51. The molecule has 3 aromatic rings. The average Bonchev–Trinajstić information content (AvgIpc) is 2.86. The first-order valence-corrected chi connectivity index (χ1v) is 10.4. The summed E-state index contributed by atoms with van der Waals surface area (Å²) < 4.78 is 39.9. The number of halogens is 3. The summed E-state index contributed by atoms with van der Waals surface area (Å²) in [6, 6.07) is 10.5. The lowest BCUT2D eigenvalue weighted by Gasteiger charge is -2.08. The monoisotopic (exact) mass is 459 g/mol. The van der Waals surface area contributed by atoms with E-state index < -0.39 is 9.84 Å². The molecule has 2 N–H and O–H groups in total. The number of sulfone groups is 1. The van der Waals surface area contributed by atoms with Gasteiger partial charge in [0.1, 0.15) is 5.83 Å². The molecule has 0 aliphatic heterocycles. The van der Waals surface area contributed by atoms with Crippen LogP contribution >= 0.6 is 24.8 Å². The van der Waals surface area contributed by atoms with E-state index in [-0.39, 0.29) is 48.6 Å². The molecule has 0 unspecified atom stereocenters. The van der Waals surface area contributed by atoms with Crippen molar-refractivity contribution in [3.05, 3.63) is 59.7 Å². The predicted octanol–water partition coefficient (Wildman–Crippen LogP) is 4.38. The van der Waals surface area contributed by atoms with E-state index in [0.717, 1.165) is 33.5 Å². The summed E-state index contributed by atoms with van der Waals surface area (Å²) in [6.07, 6.45) is 2.52. The van der Waals surface area contributed by atoms with E-state index >= 15 is 0 Å². The van der Waals surface area contributed by atoms with Crippen LogP contribution in [0.5, 0.6) is 0 Å². The van der Waals surface area contributed by atoms with Gasteiger partial charge in [-0.3, -0.25) is 4.98 Å². The number of hydrogen-bond donors (Lipinski definition) is 1. The molecule has 5 nitrogen and oxygen atoms in total. The number of pyridine rings is 1. The van der Waals surface area contributed by atoms with Crippen LogP contribution in [0.15, 0.2) is 53.2 Å². The molecule has 0 bridgehead atoms. The molecule has 0 amide bonds. The highest BCUT2D eigenvalue weighted by molar-refractivity contribution is 7.90. The number of aromatic nitrogens is 2. The second-order valence-electron chi connectivity index (χ2n) is 6.55. The molecule has 0 spiro atoms. The maximum absolute atomic E-state index is 14.2. The van der Waals surface area contributed by atoms with Crippen LogP contribution in [0.25, 0.3) is 22.2 Å². The molecule has 0 aliphatic rings. The van der Waals surface area contributed by atoms with Gasteiger partial charge in [-0.25, -0.2) is 12.8 Å². The van der Waals surface area contributed by atoms with Crippen LogP contribution in [-0.2, 0) is 16.4 Å². The predicted molar refractivity (Wildman–Crippen MR) is 120 cm³/mol. The Hall–Kier alpha value is -1.93. The average molecular weight is 460 g/mol. The first-order chi connectivity index (χ1) is 12.7. The van der Waals surface area contributed by atoms with Crippen LogP contribution in [0.1, 0.15) is 11.4 Å². The van der Waals surface area contributed by atoms with Gasteiger partial charge in [0.05, 0.1) is 22.5 Å². The molecule has 29 heavy (non-hydrogen) atoms. The lowest BCUT2D eigenvalue weighted by Crippen LogP contribution is -2.03. The van der Waals surface area contributed by atoms with Crippen molar-refractivity contribution < 1.29 is 12.8 Å². The number of hydrogen-bond acceptors (Lipinski definition) is 4. The largest absolute Gasteiger partial charge is 0.336 e. The zero-order valence-corrected chi connectivity index (χ0v) is 18.8. The Morgan fingerprint density at radius 3 is 2.52 bits per heavy atom. The molecular formula is C20H24Cl2FN3O2S. The second kappa shape index (κ2) is 9.71. The highest BCUT2D eigenvalue weighted by Crippen LogP contribution is 2.35. The third kappa shape index (κ3) is 5.17. The van der Waals surface area contributed by atoms with Crippen molar-refractivity contribution in [1.29, 1.82) is 0 Å². The van der Waals surface area contributed by atoms with Gasteiger partial charge in [0.25, 0.3) is 0 Å². The van der Waals surface area contributed by atoms with Crippen molar-refractivity contribution in [2.75, 3.05) is 12.8 Å². The van der Waals surface area contributed by atoms with E-state index in [1.165, 1.54) is 12.3 Å². The normalized spacial score (nSPS) is 11.8. The molecule has 0 fully saturated rings. The molecule has 3 rings (SSSR count). The number of nitrogens with zero attached hydrogens (tertiary/aromatic N) is 2. The Morgan fingerprint density at radius 2 is 1.90 bits per heavy atom. The summed E-state index contributed by atoms with van der Waals surface area (Å²) in [7, 11) is -3.34. The molecule has 1 aromatic carbocycles. The SMILES string of the molecule is Cc1ccc2c(n1)c(-c1cccc(S(C)(=O)=O)c1)c(C)n2C/C(F)=C/CN.Cl.Cl. The van der Waals surface area contributed by atoms with E-state index in [1.54, 1.807) is 18.2 Å². The van der Waals surface area contributed by atoms with E-state index in [2.05, 4.69) is 4.98 Å². The molecule has 158 valence electrons. The summed E-state index contributed by atoms with van der Waals surface area (Å²) >= 11 is 0. The lowest BCUT2D eigenvalue weighted by molar-refractivity contribution is 0.555. The van der Waals surface area contributed by atoms with Gasteiger partial charge >= 0.3 is 0 Å². The van der Waals surface area contributed by atoms with Gasteiger partial charge in [-0.05, 0) is 49.8 Å². The van der Waals surface area contributed by atoms with Crippen LogP contribution in [0, 0.1) is 13.8 Å². The standard InChI is InChI=1S/C20H22FN3O2S.2ClH/c1-13-7-8-18-20(23-13)19(14(2)24(18)12-16(21)9-10-22)15-5-4-6-17(11-15)27(3,25)26;;/h4-9,11H,10,12,22H2,1-3H3;2*1H/b16-9-;;. The second-order valence-corrected chi connectivity index (χ2v) is 8.57. The Labute approximate surface area is 182 Å². The number of nitrogens with two attached hydrogens (primary N) is 1. The molecule has 2 heterocycles. The van der Waals surface area contributed by atoms with Crippen molar-refractivity contribution in [2.45, 2.75) is 25.3 Å². The number of aryl methyl sites for hydroxylation is 1. The summed E-state index contributed by atoms with van der Waals surface area (Å²) in [6.45, 7) is 3.95. The fourth-order valence-electron chi connectivity index (χ4n) is 3.21. The quantitative estimate of drug-likeness (QED) is 0.613. The van der Waals surface area contributed by atoms with Gasteiger partial charge in [0, 0.05) is 29.8 Å². The first kappa shape index (κ1) is 25.1. The van der Waals surface area contributed by atoms with Gasteiger partial charge in [-0.1, -0.05) is 12.1 Å². The maximum atomic E-state index is 14.2. The number of rotatable bonds is 5. The Kier molecular flexibility index (Phi) is 8.41. The van der Waals surface area contributed by atoms with Crippen LogP contribution in [0.2, 0.25) is 0 Å². The minimum Gasteiger partial charge on any atom is -0.336 e. The fraction of sp³-hybridized carbons (Fsp3) is 0.250. The highest BCUT2D eigenvalue weighted by Gasteiger charge is 2.19. The van der Waals surface area contributed by atoms with Crippen LogP contribution < -0.4 is 5.73 Å². The van der Waals surface area contributed by atoms with Gasteiger partial charge in [-0.15, -0.1) is 24.8 Å². The zero-order chi connectivity index (χ0) is 19.8. The molecule has 9 heteroatoms. The zero-order valence-electron chi connectivity index (χ0n) is 16.3. The first-order valence-electron chi connectivity index (χ1n) is 8.54. The number of benzene rings is 1. The lowest BCUT2D eigenvalue weighted by atomic mass is 10.1. The fourth-order valence-corrected chi connectivity index (χ4v) is 3.88. The molecule has 2 aromatic heterocycles. The molecule has 0 atom stereocenters. The third-order valence-corrected chi connectivity index (χ3v) is 5.62. The minimum absolute atomic E-state index is 0.